The second kappa shape index (κ2) is 10.3. The van der Waals surface area contributed by atoms with E-state index < -0.39 is 0 Å². The summed E-state index contributed by atoms with van der Waals surface area (Å²) in [5.41, 5.74) is 1.93. The highest BCUT2D eigenvalue weighted by Crippen LogP contribution is 2.16. The van der Waals surface area contributed by atoms with E-state index in [-0.39, 0.29) is 30.7 Å². The number of carbonyl (C=O) groups is 1. The van der Waals surface area contributed by atoms with Gasteiger partial charge in [0.25, 0.3) is 0 Å². The van der Waals surface area contributed by atoms with Crippen LogP contribution in [0.3, 0.4) is 0 Å². The van der Waals surface area contributed by atoms with Gasteiger partial charge < -0.3 is 10.6 Å². The summed E-state index contributed by atoms with van der Waals surface area (Å²) in [6, 6.07) is 7.86. The predicted molar refractivity (Wildman–Crippen MR) is 98.9 cm³/mol. The van der Waals surface area contributed by atoms with Crippen molar-refractivity contribution in [3.8, 4) is 0 Å². The number of aromatic nitrogens is 3. The van der Waals surface area contributed by atoms with Gasteiger partial charge in [-0.15, -0.1) is 24.8 Å². The molecule has 1 aliphatic rings. The van der Waals surface area contributed by atoms with Crippen LogP contribution in [0, 0.1) is 5.92 Å². The van der Waals surface area contributed by atoms with Crippen LogP contribution in [0.5, 0.6) is 0 Å². The van der Waals surface area contributed by atoms with Crippen molar-refractivity contribution in [2.24, 2.45) is 5.92 Å². The lowest BCUT2D eigenvalue weighted by molar-refractivity contribution is -0.116. The first kappa shape index (κ1) is 20.4. The summed E-state index contributed by atoms with van der Waals surface area (Å²) < 4.78 is 1.76. The molecule has 0 bridgehead atoms. The van der Waals surface area contributed by atoms with Crippen LogP contribution in [0.25, 0.3) is 0 Å². The second-order valence-electron chi connectivity index (χ2n) is 5.74. The molecular weight excluding hydrogens is 349 g/mol. The number of amides is 1. The molecule has 24 heavy (non-hydrogen) atoms. The lowest BCUT2D eigenvalue weighted by Crippen LogP contribution is -2.15. The molecule has 1 amide bonds. The fourth-order valence-corrected chi connectivity index (χ4v) is 2.77. The van der Waals surface area contributed by atoms with Crippen LogP contribution < -0.4 is 10.6 Å². The van der Waals surface area contributed by atoms with Crippen LogP contribution in [0.2, 0.25) is 0 Å². The van der Waals surface area contributed by atoms with E-state index in [1.54, 1.807) is 11.0 Å². The van der Waals surface area contributed by atoms with E-state index >= 15 is 0 Å². The number of nitrogens with zero attached hydrogens (tertiary/aromatic N) is 3. The Labute approximate surface area is 154 Å². The van der Waals surface area contributed by atoms with Gasteiger partial charge >= 0.3 is 0 Å². The van der Waals surface area contributed by atoms with E-state index in [4.69, 9.17) is 0 Å². The molecule has 132 valence electrons. The van der Waals surface area contributed by atoms with Crippen molar-refractivity contribution in [3.63, 3.8) is 0 Å². The number of benzene rings is 1. The summed E-state index contributed by atoms with van der Waals surface area (Å²) in [5, 5.41) is 10.4. The summed E-state index contributed by atoms with van der Waals surface area (Å²) in [4.78, 5) is 16.0. The average Bonchev–Trinajstić information content (AvgIpc) is 3.19. The first-order chi connectivity index (χ1) is 10.8. The van der Waals surface area contributed by atoms with Crippen LogP contribution in [0.4, 0.5) is 5.69 Å². The van der Waals surface area contributed by atoms with Gasteiger partial charge in [-0.3, -0.25) is 4.79 Å². The van der Waals surface area contributed by atoms with Crippen LogP contribution in [-0.4, -0.2) is 33.8 Å². The Morgan fingerprint density at radius 1 is 1.38 bits per heavy atom. The minimum Gasteiger partial charge on any atom is -0.326 e. The van der Waals surface area contributed by atoms with E-state index in [2.05, 4.69) is 20.7 Å². The Kier molecular flexibility index (Phi) is 8.74. The quantitative estimate of drug-likeness (QED) is 0.817. The smallest absolute Gasteiger partial charge is 0.224 e. The Morgan fingerprint density at radius 3 is 2.96 bits per heavy atom. The van der Waals surface area contributed by atoms with Crippen molar-refractivity contribution in [3.05, 3.63) is 42.5 Å². The van der Waals surface area contributed by atoms with Crippen molar-refractivity contribution in [1.82, 2.24) is 20.1 Å². The molecule has 2 N–H and O–H groups in total. The third-order valence-electron chi connectivity index (χ3n) is 3.96. The van der Waals surface area contributed by atoms with Crippen molar-refractivity contribution in [2.75, 3.05) is 18.4 Å². The molecule has 3 rings (SSSR count). The molecule has 1 aromatic carbocycles. The van der Waals surface area contributed by atoms with Gasteiger partial charge in [-0.05, 0) is 49.5 Å². The van der Waals surface area contributed by atoms with Gasteiger partial charge in [0.15, 0.2) is 0 Å². The van der Waals surface area contributed by atoms with E-state index in [0.29, 0.717) is 18.9 Å². The highest BCUT2D eigenvalue weighted by molar-refractivity contribution is 5.90. The molecule has 0 aliphatic carbocycles. The van der Waals surface area contributed by atoms with E-state index in [0.717, 1.165) is 30.8 Å². The largest absolute Gasteiger partial charge is 0.326 e. The molecule has 2 aromatic rings. The SMILES string of the molecule is Cl.Cl.O=C(CCC1CCNC1)Nc1cccc(Cn2cncn2)c1. The van der Waals surface area contributed by atoms with Crippen LogP contribution >= 0.6 is 24.8 Å². The first-order valence-corrected chi connectivity index (χ1v) is 7.71. The summed E-state index contributed by atoms with van der Waals surface area (Å²) in [7, 11) is 0. The van der Waals surface area contributed by atoms with E-state index in [9.17, 15) is 4.79 Å². The van der Waals surface area contributed by atoms with Crippen molar-refractivity contribution < 1.29 is 4.79 Å². The monoisotopic (exact) mass is 371 g/mol. The molecule has 0 radical (unpaired) electrons. The van der Waals surface area contributed by atoms with Crippen LogP contribution in [0.1, 0.15) is 24.8 Å². The minimum absolute atomic E-state index is 0. The van der Waals surface area contributed by atoms with E-state index in [1.165, 1.54) is 12.7 Å². The molecule has 2 heterocycles. The molecule has 1 atom stereocenters. The third kappa shape index (κ3) is 6.11. The molecule has 0 saturated carbocycles. The van der Waals surface area contributed by atoms with Crippen molar-refractivity contribution in [2.45, 2.75) is 25.8 Å². The second-order valence-corrected chi connectivity index (χ2v) is 5.74. The number of anilines is 1. The van der Waals surface area contributed by atoms with Gasteiger partial charge in [-0.2, -0.15) is 5.10 Å². The maximum atomic E-state index is 12.0. The molecule has 6 nitrogen and oxygen atoms in total. The van der Waals surface area contributed by atoms with Crippen molar-refractivity contribution in [1.29, 1.82) is 0 Å². The molecule has 0 spiro atoms. The molecule has 8 heteroatoms. The van der Waals surface area contributed by atoms with Crippen molar-refractivity contribution >= 4 is 36.4 Å². The number of carbonyl (C=O) groups excluding carboxylic acids is 1. The molecule has 1 aromatic heterocycles. The Balaban J connectivity index is 0.00000144. The zero-order chi connectivity index (χ0) is 15.2. The Morgan fingerprint density at radius 2 is 2.25 bits per heavy atom. The lowest BCUT2D eigenvalue weighted by atomic mass is 10.0. The molecule has 1 fully saturated rings. The number of rotatable bonds is 6. The zero-order valence-electron chi connectivity index (χ0n) is 13.4. The van der Waals surface area contributed by atoms with Gasteiger partial charge in [-0.1, -0.05) is 12.1 Å². The topological polar surface area (TPSA) is 71.8 Å². The number of nitrogens with one attached hydrogen (secondary N) is 2. The summed E-state index contributed by atoms with van der Waals surface area (Å²) in [6.07, 6.45) is 5.92. The average molecular weight is 372 g/mol. The number of hydrogen-bond donors (Lipinski definition) is 2. The van der Waals surface area contributed by atoms with Gasteiger partial charge in [0.1, 0.15) is 12.7 Å². The fraction of sp³-hybridized carbons (Fsp3) is 0.438. The van der Waals surface area contributed by atoms with Gasteiger partial charge in [0.2, 0.25) is 5.91 Å². The number of halogens is 2. The van der Waals surface area contributed by atoms with Gasteiger partial charge in [0.05, 0.1) is 6.54 Å². The fourth-order valence-electron chi connectivity index (χ4n) is 2.77. The lowest BCUT2D eigenvalue weighted by Gasteiger charge is -2.10. The molecule has 1 unspecified atom stereocenters. The van der Waals surface area contributed by atoms with Crippen LogP contribution in [-0.2, 0) is 11.3 Å². The Hall–Kier alpha value is -1.63. The summed E-state index contributed by atoms with van der Waals surface area (Å²) >= 11 is 0. The predicted octanol–water partition coefficient (Wildman–Crippen LogP) is 2.50. The maximum Gasteiger partial charge on any atom is 0.224 e. The Bertz CT molecular complexity index is 615. The minimum atomic E-state index is 0. The third-order valence-corrected chi connectivity index (χ3v) is 3.96. The van der Waals surface area contributed by atoms with Gasteiger partial charge in [-0.25, -0.2) is 9.67 Å². The highest BCUT2D eigenvalue weighted by Gasteiger charge is 2.15. The summed E-state index contributed by atoms with van der Waals surface area (Å²) in [6.45, 7) is 2.77. The zero-order valence-corrected chi connectivity index (χ0v) is 15.0. The maximum absolute atomic E-state index is 12.0. The highest BCUT2D eigenvalue weighted by atomic mass is 35.5. The summed E-state index contributed by atoms with van der Waals surface area (Å²) in [5.74, 6) is 0.731. The normalized spacial score (nSPS) is 16.1. The molecular formula is C16H23Cl2N5O. The number of hydrogen-bond acceptors (Lipinski definition) is 4. The first-order valence-electron chi connectivity index (χ1n) is 7.71. The molecule has 1 saturated heterocycles. The van der Waals surface area contributed by atoms with Crippen LogP contribution in [0.15, 0.2) is 36.9 Å². The van der Waals surface area contributed by atoms with Gasteiger partial charge in [0, 0.05) is 12.1 Å². The van der Waals surface area contributed by atoms with E-state index in [1.807, 2.05) is 24.3 Å². The molecule has 1 aliphatic heterocycles. The standard InChI is InChI=1S/C16H21N5O.2ClH/c22-16(5-4-13-6-7-17-9-13)20-15-3-1-2-14(8-15)10-21-12-18-11-19-21;;/h1-3,8,11-13,17H,4-7,9-10H2,(H,20,22);2*1H.